The van der Waals surface area contributed by atoms with E-state index in [2.05, 4.69) is 165 Å². The van der Waals surface area contributed by atoms with Crippen LogP contribution in [0.3, 0.4) is 0 Å². The summed E-state index contributed by atoms with van der Waals surface area (Å²) in [6.07, 6.45) is 5.66. The van der Waals surface area contributed by atoms with Crippen molar-refractivity contribution in [2.24, 2.45) is 0 Å². The summed E-state index contributed by atoms with van der Waals surface area (Å²) in [4.78, 5) is 13.8. The largest absolute Gasteiger partial charge is 0.454 e. The van der Waals surface area contributed by atoms with Crippen LogP contribution in [0.1, 0.15) is 33.4 Å². The molecule has 5 heteroatoms. The Balaban J connectivity index is 0.000000206. The molecule has 5 aromatic carbocycles. The fourth-order valence-electron chi connectivity index (χ4n) is 7.15. The summed E-state index contributed by atoms with van der Waals surface area (Å²) in [7, 11) is 0. The normalized spacial score (nSPS) is 10.8. The van der Waals surface area contributed by atoms with E-state index in [1.54, 1.807) is 0 Å². The number of aryl methyl sites for hydroxylation is 6. The maximum atomic E-state index is 6.22. The Morgan fingerprint density at radius 2 is 1.29 bits per heavy atom. The van der Waals surface area contributed by atoms with Crippen LogP contribution in [0.5, 0.6) is 0 Å². The van der Waals surface area contributed by atoms with E-state index in [-0.39, 0.29) is 20.1 Å². The second-order valence-corrected chi connectivity index (χ2v) is 14.7. The number of nitrogens with zero attached hydrogens (tertiary/aromatic N) is 3. The van der Waals surface area contributed by atoms with Gasteiger partial charge in [-0.05, 0) is 99.4 Å². The van der Waals surface area contributed by atoms with Gasteiger partial charge in [-0.3, -0.25) is 4.98 Å². The summed E-state index contributed by atoms with van der Waals surface area (Å²) in [5, 5.41) is 1.09. The minimum atomic E-state index is 0. The van der Waals surface area contributed by atoms with Crippen LogP contribution in [0, 0.1) is 53.7 Å². The van der Waals surface area contributed by atoms with Crippen molar-refractivity contribution in [1.82, 2.24) is 15.0 Å². The molecule has 0 bridgehead atoms. The van der Waals surface area contributed by atoms with Crippen molar-refractivity contribution >= 4 is 11.0 Å². The Morgan fingerprint density at radius 3 is 2.05 bits per heavy atom. The molecule has 287 valence electrons. The van der Waals surface area contributed by atoms with E-state index in [4.69, 9.17) is 4.42 Å². The standard InChI is InChI=1S/C34H27N2O.C19H16N.Ir/c1-21-6-5-7-25(16-21)28-10-9-26(32-17-22(2)14-15-35-32)18-30(28)27-11-13-33-29(24(27)4)19-34(37-33)31-12-8-23(3)20-36-31;1-14-12-19(20-13-15(14)2)18-11-7-6-10-17(18)16-8-4-3-5-9-16;/h5-8,10-20H,1-4H3;3-10,12-13H,1-2H3;/q2*-1;. The summed E-state index contributed by atoms with van der Waals surface area (Å²) >= 11 is 0. The zero-order chi connectivity index (χ0) is 39.5. The number of rotatable bonds is 6. The zero-order valence-electron chi connectivity index (χ0n) is 33.5. The van der Waals surface area contributed by atoms with Crippen molar-refractivity contribution in [1.29, 1.82) is 0 Å². The average Bonchev–Trinajstić information content (AvgIpc) is 3.68. The van der Waals surface area contributed by atoms with Gasteiger partial charge >= 0.3 is 0 Å². The Hall–Kier alpha value is -6.26. The molecule has 0 amide bonds. The topological polar surface area (TPSA) is 51.8 Å². The first-order chi connectivity index (χ1) is 27.7. The van der Waals surface area contributed by atoms with Gasteiger partial charge in [-0.2, -0.15) is 0 Å². The van der Waals surface area contributed by atoms with Crippen molar-refractivity contribution in [3.8, 4) is 67.3 Å². The van der Waals surface area contributed by atoms with Gasteiger partial charge in [0.05, 0.1) is 0 Å². The second kappa shape index (κ2) is 17.5. The van der Waals surface area contributed by atoms with E-state index in [0.29, 0.717) is 0 Å². The van der Waals surface area contributed by atoms with Gasteiger partial charge in [0.15, 0.2) is 5.76 Å². The third-order valence-corrected chi connectivity index (χ3v) is 10.5. The van der Waals surface area contributed by atoms with Crippen molar-refractivity contribution in [2.75, 3.05) is 0 Å². The van der Waals surface area contributed by atoms with Crippen molar-refractivity contribution in [3.05, 3.63) is 198 Å². The number of hydrogen-bond acceptors (Lipinski definition) is 4. The molecule has 0 saturated carbocycles. The van der Waals surface area contributed by atoms with Crippen LogP contribution in [0.2, 0.25) is 0 Å². The minimum absolute atomic E-state index is 0. The Labute approximate surface area is 355 Å². The number of pyridine rings is 3. The molecule has 58 heavy (non-hydrogen) atoms. The second-order valence-electron chi connectivity index (χ2n) is 14.7. The first-order valence-corrected chi connectivity index (χ1v) is 19.2. The molecule has 1 radical (unpaired) electrons. The number of fused-ring (bicyclic) bond motifs is 1. The molecule has 4 heterocycles. The molecular formula is C53H43IrN3O-2. The van der Waals surface area contributed by atoms with E-state index in [1.807, 2.05) is 55.8 Å². The molecular weight excluding hydrogens is 887 g/mol. The van der Waals surface area contributed by atoms with E-state index >= 15 is 0 Å². The molecule has 0 fully saturated rings. The molecule has 0 unspecified atom stereocenters. The predicted molar refractivity (Wildman–Crippen MR) is 235 cm³/mol. The minimum Gasteiger partial charge on any atom is -0.454 e. The molecule has 9 aromatic rings. The van der Waals surface area contributed by atoms with Gasteiger partial charge in [0.1, 0.15) is 11.3 Å². The zero-order valence-corrected chi connectivity index (χ0v) is 35.9. The first kappa shape index (κ1) is 40.0. The van der Waals surface area contributed by atoms with Gasteiger partial charge in [0, 0.05) is 44.1 Å². The smallest absolute Gasteiger partial charge is 0.153 e. The van der Waals surface area contributed by atoms with Crippen LogP contribution in [0.25, 0.3) is 78.3 Å². The third-order valence-electron chi connectivity index (χ3n) is 10.5. The molecule has 9 rings (SSSR count). The Kier molecular flexibility index (Phi) is 12.0. The SMILES string of the molecule is Cc1ccc(-c2cc3c(C)c(-c4cc(-c5cc(C)ccn5)[c-]cc4-c4cccc(C)c4)ccc3o2)nc1.Cc1cnc(-c2[c-]cccc2-c2ccccc2)cc1C.[Ir]. The van der Waals surface area contributed by atoms with Gasteiger partial charge in [-0.1, -0.05) is 123 Å². The molecule has 0 N–H and O–H groups in total. The van der Waals surface area contributed by atoms with E-state index in [9.17, 15) is 0 Å². The van der Waals surface area contributed by atoms with Gasteiger partial charge < -0.3 is 14.4 Å². The monoisotopic (exact) mass is 930 g/mol. The molecule has 0 aliphatic rings. The number of hydrogen-bond donors (Lipinski definition) is 0. The van der Waals surface area contributed by atoms with Crippen LogP contribution in [-0.4, -0.2) is 15.0 Å². The number of aromatic nitrogens is 3. The van der Waals surface area contributed by atoms with Crippen LogP contribution in [0.4, 0.5) is 0 Å². The van der Waals surface area contributed by atoms with E-state index in [0.717, 1.165) is 67.2 Å². The average molecular weight is 930 g/mol. The predicted octanol–water partition coefficient (Wildman–Crippen LogP) is 13.8. The van der Waals surface area contributed by atoms with Crippen LogP contribution < -0.4 is 0 Å². The summed E-state index contributed by atoms with van der Waals surface area (Å²) in [6.45, 7) is 12.6. The molecule has 4 nitrogen and oxygen atoms in total. The summed E-state index contributed by atoms with van der Waals surface area (Å²) in [5.41, 5.74) is 19.8. The fourth-order valence-corrected chi connectivity index (χ4v) is 7.15. The first-order valence-electron chi connectivity index (χ1n) is 19.2. The van der Waals surface area contributed by atoms with Gasteiger partial charge in [0.25, 0.3) is 0 Å². The quantitative estimate of drug-likeness (QED) is 0.156. The van der Waals surface area contributed by atoms with Gasteiger partial charge in [0.2, 0.25) is 0 Å². The van der Waals surface area contributed by atoms with Gasteiger partial charge in [-0.25, -0.2) is 0 Å². The van der Waals surface area contributed by atoms with Crippen LogP contribution in [-0.2, 0) is 20.1 Å². The fraction of sp³-hybridized carbons (Fsp3) is 0.113. The molecule has 0 spiro atoms. The van der Waals surface area contributed by atoms with Crippen LogP contribution in [0.15, 0.2) is 156 Å². The summed E-state index contributed by atoms with van der Waals surface area (Å²) < 4.78 is 6.22. The molecule has 0 atom stereocenters. The van der Waals surface area contributed by atoms with Crippen molar-refractivity contribution < 1.29 is 24.5 Å². The van der Waals surface area contributed by atoms with E-state index in [1.165, 1.54) is 44.5 Å². The molecule has 0 saturated heterocycles. The maximum Gasteiger partial charge on any atom is 0.153 e. The third kappa shape index (κ3) is 8.52. The summed E-state index contributed by atoms with van der Waals surface area (Å²) in [6, 6.07) is 52.9. The number of benzene rings is 5. The van der Waals surface area contributed by atoms with E-state index < -0.39 is 0 Å². The van der Waals surface area contributed by atoms with Crippen molar-refractivity contribution in [2.45, 2.75) is 41.5 Å². The maximum absolute atomic E-state index is 6.22. The molecule has 0 aliphatic heterocycles. The molecule has 4 aromatic heterocycles. The van der Waals surface area contributed by atoms with Crippen molar-refractivity contribution in [3.63, 3.8) is 0 Å². The number of furan rings is 1. The van der Waals surface area contributed by atoms with Crippen LogP contribution >= 0.6 is 0 Å². The van der Waals surface area contributed by atoms with Gasteiger partial charge in [-0.15, -0.1) is 53.6 Å². The molecule has 0 aliphatic carbocycles. The Bertz CT molecular complexity index is 2860. The summed E-state index contributed by atoms with van der Waals surface area (Å²) in [5.74, 6) is 0.778. The Morgan fingerprint density at radius 1 is 0.500 bits per heavy atom.